The summed E-state index contributed by atoms with van der Waals surface area (Å²) in [6.07, 6.45) is 0.197. The van der Waals surface area contributed by atoms with Crippen molar-refractivity contribution >= 4 is 33.3 Å². The molecule has 2 heterocycles. The Balaban J connectivity index is 1.58. The molecule has 1 fully saturated rings. The van der Waals surface area contributed by atoms with E-state index in [0.29, 0.717) is 24.3 Å². The number of ether oxygens (including phenoxy) is 1. The van der Waals surface area contributed by atoms with Crippen molar-refractivity contribution in [3.05, 3.63) is 35.2 Å². The molecule has 2 N–H and O–H groups in total. The maximum atomic E-state index is 12.1. The number of hydrogen-bond donors (Lipinski definition) is 2. The third-order valence-electron chi connectivity index (χ3n) is 3.52. The highest BCUT2D eigenvalue weighted by molar-refractivity contribution is 7.20. The summed E-state index contributed by atoms with van der Waals surface area (Å²) in [7, 11) is 0. The van der Waals surface area contributed by atoms with Crippen LogP contribution in [0.4, 0.5) is 0 Å². The predicted molar refractivity (Wildman–Crippen MR) is 79.7 cm³/mol. The van der Waals surface area contributed by atoms with Gasteiger partial charge >= 0.3 is 5.97 Å². The van der Waals surface area contributed by atoms with Crippen LogP contribution in [0.2, 0.25) is 0 Å². The van der Waals surface area contributed by atoms with Crippen molar-refractivity contribution in [3.8, 4) is 0 Å². The average Bonchev–Trinajstić information content (AvgIpc) is 3.11. The van der Waals surface area contributed by atoms with Gasteiger partial charge in [0.05, 0.1) is 11.0 Å². The Morgan fingerprint density at radius 1 is 1.33 bits per heavy atom. The lowest BCUT2D eigenvalue weighted by Crippen LogP contribution is -2.32. The van der Waals surface area contributed by atoms with Crippen molar-refractivity contribution in [1.82, 2.24) is 5.32 Å². The second-order valence-corrected chi connectivity index (χ2v) is 6.10. The molecule has 6 heteroatoms. The van der Waals surface area contributed by atoms with Crippen LogP contribution < -0.4 is 5.32 Å². The number of benzene rings is 1. The number of nitrogens with one attached hydrogen (secondary N) is 1. The number of carbonyl (C=O) groups is 2. The molecule has 0 bridgehead atoms. The molecule has 1 amide bonds. The van der Waals surface area contributed by atoms with E-state index in [-0.39, 0.29) is 12.0 Å². The second kappa shape index (κ2) is 5.83. The van der Waals surface area contributed by atoms with Crippen LogP contribution in [-0.2, 0) is 9.53 Å². The first kappa shape index (κ1) is 14.0. The minimum absolute atomic E-state index is 0.140. The van der Waals surface area contributed by atoms with Gasteiger partial charge in [0.25, 0.3) is 5.91 Å². The van der Waals surface area contributed by atoms with Crippen molar-refractivity contribution in [2.24, 2.45) is 0 Å². The van der Waals surface area contributed by atoms with Gasteiger partial charge in [0.15, 0.2) is 6.10 Å². The highest BCUT2D eigenvalue weighted by Crippen LogP contribution is 2.25. The van der Waals surface area contributed by atoms with Crippen molar-refractivity contribution < 1.29 is 19.4 Å². The fourth-order valence-electron chi connectivity index (χ4n) is 2.42. The summed E-state index contributed by atoms with van der Waals surface area (Å²) in [5, 5.41) is 12.7. The van der Waals surface area contributed by atoms with E-state index in [0.717, 1.165) is 10.1 Å². The Kier molecular flexibility index (Phi) is 3.90. The lowest BCUT2D eigenvalue weighted by atomic mass is 10.2. The Hall–Kier alpha value is -1.92. The summed E-state index contributed by atoms with van der Waals surface area (Å²) in [6, 6.07) is 9.70. The third kappa shape index (κ3) is 3.06. The monoisotopic (exact) mass is 305 g/mol. The molecule has 21 heavy (non-hydrogen) atoms. The number of thiophene rings is 1. The van der Waals surface area contributed by atoms with E-state index in [2.05, 4.69) is 5.32 Å². The number of carboxylic acids is 1. The first-order chi connectivity index (χ1) is 10.1. The molecule has 0 aliphatic carbocycles. The lowest BCUT2D eigenvalue weighted by Gasteiger charge is -2.11. The lowest BCUT2D eigenvalue weighted by molar-refractivity contribution is -0.149. The van der Waals surface area contributed by atoms with E-state index >= 15 is 0 Å². The molecule has 1 aromatic heterocycles. The molecule has 5 nitrogen and oxygen atoms in total. The summed E-state index contributed by atoms with van der Waals surface area (Å²) in [4.78, 5) is 23.6. The molecule has 1 aliphatic rings. The largest absolute Gasteiger partial charge is 0.479 e. The van der Waals surface area contributed by atoms with Gasteiger partial charge in [0.1, 0.15) is 0 Å². The van der Waals surface area contributed by atoms with Crippen LogP contribution in [0.15, 0.2) is 30.3 Å². The van der Waals surface area contributed by atoms with Gasteiger partial charge in [-0.05, 0) is 30.4 Å². The number of amides is 1. The molecule has 2 unspecified atom stereocenters. The van der Waals surface area contributed by atoms with Gasteiger partial charge in [-0.2, -0.15) is 0 Å². The molecule has 110 valence electrons. The summed E-state index contributed by atoms with van der Waals surface area (Å²) in [5.41, 5.74) is 0. The first-order valence-corrected chi connectivity index (χ1v) is 7.60. The zero-order chi connectivity index (χ0) is 14.8. The van der Waals surface area contributed by atoms with Crippen molar-refractivity contribution in [3.63, 3.8) is 0 Å². The summed E-state index contributed by atoms with van der Waals surface area (Å²) in [6.45, 7) is 0.344. The molecule has 0 radical (unpaired) electrons. The molecule has 0 saturated carbocycles. The zero-order valence-electron chi connectivity index (χ0n) is 11.2. The molecule has 1 aromatic carbocycles. The van der Waals surface area contributed by atoms with E-state index in [1.807, 2.05) is 30.3 Å². The van der Waals surface area contributed by atoms with Gasteiger partial charge in [-0.25, -0.2) is 4.79 Å². The Morgan fingerprint density at radius 2 is 2.14 bits per heavy atom. The van der Waals surface area contributed by atoms with Gasteiger partial charge in [0, 0.05) is 11.2 Å². The quantitative estimate of drug-likeness (QED) is 0.908. The average molecular weight is 305 g/mol. The van der Waals surface area contributed by atoms with Crippen molar-refractivity contribution in [2.45, 2.75) is 25.0 Å². The highest BCUT2D eigenvalue weighted by Gasteiger charge is 2.30. The van der Waals surface area contributed by atoms with Crippen LogP contribution in [0.25, 0.3) is 10.1 Å². The van der Waals surface area contributed by atoms with E-state index in [1.54, 1.807) is 0 Å². The molecule has 0 spiro atoms. The van der Waals surface area contributed by atoms with Gasteiger partial charge in [-0.15, -0.1) is 11.3 Å². The van der Waals surface area contributed by atoms with Crippen LogP contribution in [0.5, 0.6) is 0 Å². The second-order valence-electron chi connectivity index (χ2n) is 5.02. The summed E-state index contributed by atoms with van der Waals surface area (Å²) >= 11 is 1.45. The normalized spacial score (nSPS) is 21.5. The molecule has 3 rings (SSSR count). The Bertz CT molecular complexity index is 648. The number of aliphatic carboxylic acids is 1. The maximum absolute atomic E-state index is 12.1. The van der Waals surface area contributed by atoms with E-state index in [1.165, 1.54) is 11.3 Å². The van der Waals surface area contributed by atoms with E-state index in [4.69, 9.17) is 9.84 Å². The Morgan fingerprint density at radius 3 is 2.86 bits per heavy atom. The smallest absolute Gasteiger partial charge is 0.332 e. The van der Waals surface area contributed by atoms with Crippen LogP contribution in [0, 0.1) is 0 Å². The van der Waals surface area contributed by atoms with Gasteiger partial charge in [0.2, 0.25) is 0 Å². The fourth-order valence-corrected chi connectivity index (χ4v) is 3.40. The number of carboxylic acid groups (broad SMARTS) is 1. The van der Waals surface area contributed by atoms with E-state index < -0.39 is 12.1 Å². The SMILES string of the molecule is O=C(NCC1CCC(C(=O)O)O1)c1cc2ccccc2s1. The minimum atomic E-state index is -0.937. The van der Waals surface area contributed by atoms with Crippen LogP contribution >= 0.6 is 11.3 Å². The standard InChI is InChI=1S/C15H15NO4S/c17-14(13-7-9-3-1-2-4-12(9)21-13)16-8-10-5-6-11(20-10)15(18)19/h1-4,7,10-11H,5-6,8H2,(H,16,17)(H,18,19). The topological polar surface area (TPSA) is 75.6 Å². The maximum Gasteiger partial charge on any atom is 0.332 e. The molecule has 1 saturated heterocycles. The molecule has 2 aromatic rings. The molecule has 2 atom stereocenters. The van der Waals surface area contributed by atoms with Crippen LogP contribution in [0.3, 0.4) is 0 Å². The fraction of sp³-hybridized carbons (Fsp3) is 0.333. The number of hydrogen-bond acceptors (Lipinski definition) is 4. The minimum Gasteiger partial charge on any atom is -0.479 e. The first-order valence-electron chi connectivity index (χ1n) is 6.78. The van der Waals surface area contributed by atoms with Gasteiger partial charge < -0.3 is 15.2 Å². The predicted octanol–water partition coefficient (Wildman–Crippen LogP) is 2.26. The van der Waals surface area contributed by atoms with Gasteiger partial charge in [-0.1, -0.05) is 18.2 Å². The number of rotatable bonds is 4. The highest BCUT2D eigenvalue weighted by atomic mass is 32.1. The van der Waals surface area contributed by atoms with Crippen LogP contribution in [-0.4, -0.2) is 35.7 Å². The van der Waals surface area contributed by atoms with E-state index in [9.17, 15) is 9.59 Å². The third-order valence-corrected chi connectivity index (χ3v) is 4.64. The molecular formula is C15H15NO4S. The van der Waals surface area contributed by atoms with Crippen molar-refractivity contribution in [2.75, 3.05) is 6.54 Å². The van der Waals surface area contributed by atoms with Crippen LogP contribution in [0.1, 0.15) is 22.5 Å². The Labute approximate surface area is 125 Å². The molecule has 1 aliphatic heterocycles. The van der Waals surface area contributed by atoms with Crippen molar-refractivity contribution in [1.29, 1.82) is 0 Å². The van der Waals surface area contributed by atoms with Gasteiger partial charge in [-0.3, -0.25) is 4.79 Å². The number of carbonyl (C=O) groups excluding carboxylic acids is 1. The summed E-state index contributed by atoms with van der Waals surface area (Å²) < 4.78 is 6.43. The summed E-state index contributed by atoms with van der Waals surface area (Å²) in [5.74, 6) is -1.08. The number of fused-ring (bicyclic) bond motifs is 1. The zero-order valence-corrected chi connectivity index (χ0v) is 12.1. The molecular weight excluding hydrogens is 290 g/mol.